The summed E-state index contributed by atoms with van der Waals surface area (Å²) < 4.78 is 12.5. The Labute approximate surface area is 61.9 Å². The van der Waals surface area contributed by atoms with Crippen molar-refractivity contribution in [3.8, 4) is 5.75 Å². The number of hydrogen-bond donors (Lipinski definition) is 1. The fraction of sp³-hybridized carbons (Fsp3) is 0.143. The van der Waals surface area contributed by atoms with Crippen LogP contribution in [0.15, 0.2) is 24.3 Å². The zero-order chi connectivity index (χ0) is 6.97. The summed E-state index contributed by atoms with van der Waals surface area (Å²) in [7, 11) is -0.619. The molecular weight excluding hydrogens is 146 g/mol. The molecule has 1 aromatic carbocycles. The SMILES string of the molecule is N=S1Cc2ccccc2O1. The minimum Gasteiger partial charge on any atom is -0.416 e. The zero-order valence-corrected chi connectivity index (χ0v) is 6.15. The Morgan fingerprint density at radius 3 is 3.00 bits per heavy atom. The van der Waals surface area contributed by atoms with E-state index in [-0.39, 0.29) is 0 Å². The Morgan fingerprint density at radius 1 is 1.40 bits per heavy atom. The van der Waals surface area contributed by atoms with E-state index in [4.69, 9.17) is 8.96 Å². The molecule has 1 unspecified atom stereocenters. The summed E-state index contributed by atoms with van der Waals surface area (Å²) in [5, 5.41) is 0. The normalized spacial score (nSPS) is 21.8. The quantitative estimate of drug-likeness (QED) is 0.606. The van der Waals surface area contributed by atoms with E-state index < -0.39 is 11.0 Å². The Balaban J connectivity index is 2.51. The third-order valence-corrected chi connectivity index (χ3v) is 2.40. The summed E-state index contributed by atoms with van der Waals surface area (Å²) >= 11 is 0. The van der Waals surface area contributed by atoms with E-state index in [1.165, 1.54) is 5.56 Å². The Bertz CT molecular complexity index is 258. The van der Waals surface area contributed by atoms with Crippen LogP contribution in [-0.2, 0) is 16.7 Å². The first-order chi connectivity index (χ1) is 4.86. The second kappa shape index (κ2) is 2.09. The van der Waals surface area contributed by atoms with E-state index in [2.05, 4.69) is 0 Å². The van der Waals surface area contributed by atoms with Gasteiger partial charge < -0.3 is 4.18 Å². The number of fused-ring (bicyclic) bond motifs is 1. The molecule has 0 radical (unpaired) electrons. The van der Waals surface area contributed by atoms with Crippen molar-refractivity contribution in [2.75, 3.05) is 0 Å². The van der Waals surface area contributed by atoms with Gasteiger partial charge in [-0.2, -0.15) is 0 Å². The third-order valence-electron chi connectivity index (χ3n) is 1.45. The highest BCUT2D eigenvalue weighted by molar-refractivity contribution is 7.81. The van der Waals surface area contributed by atoms with Gasteiger partial charge in [0.25, 0.3) is 0 Å². The molecule has 10 heavy (non-hydrogen) atoms. The molecule has 0 amide bonds. The monoisotopic (exact) mass is 153 g/mol. The highest BCUT2D eigenvalue weighted by Gasteiger charge is 2.14. The number of rotatable bonds is 0. The van der Waals surface area contributed by atoms with Gasteiger partial charge in [0.1, 0.15) is 5.75 Å². The van der Waals surface area contributed by atoms with Crippen LogP contribution in [0.25, 0.3) is 0 Å². The lowest BCUT2D eigenvalue weighted by Crippen LogP contribution is -1.87. The molecule has 0 fully saturated rings. The van der Waals surface area contributed by atoms with Gasteiger partial charge in [0, 0.05) is 5.56 Å². The van der Waals surface area contributed by atoms with E-state index in [9.17, 15) is 0 Å². The zero-order valence-electron chi connectivity index (χ0n) is 5.33. The minimum atomic E-state index is -0.619. The first kappa shape index (κ1) is 5.92. The summed E-state index contributed by atoms with van der Waals surface area (Å²) in [6, 6.07) is 7.83. The second-order valence-corrected chi connectivity index (χ2v) is 3.33. The summed E-state index contributed by atoms with van der Waals surface area (Å²) in [4.78, 5) is 0. The first-order valence-corrected chi connectivity index (χ1v) is 4.36. The second-order valence-electron chi connectivity index (χ2n) is 2.18. The van der Waals surface area contributed by atoms with Gasteiger partial charge in [0.2, 0.25) is 0 Å². The molecule has 3 heteroatoms. The predicted octanol–water partition coefficient (Wildman–Crippen LogP) is 1.87. The molecule has 0 saturated heterocycles. The molecule has 0 spiro atoms. The van der Waals surface area contributed by atoms with Gasteiger partial charge in [-0.1, -0.05) is 18.2 Å². The first-order valence-electron chi connectivity index (χ1n) is 3.04. The fourth-order valence-electron chi connectivity index (χ4n) is 0.983. The molecule has 1 aromatic rings. The molecule has 0 aromatic heterocycles. The largest absolute Gasteiger partial charge is 0.416 e. The molecule has 1 aliphatic rings. The molecule has 1 heterocycles. The van der Waals surface area contributed by atoms with E-state index in [0.717, 1.165) is 11.5 Å². The lowest BCUT2D eigenvalue weighted by atomic mass is 10.2. The summed E-state index contributed by atoms with van der Waals surface area (Å²) in [6.07, 6.45) is 0. The maximum atomic E-state index is 7.32. The van der Waals surface area contributed by atoms with Gasteiger partial charge >= 0.3 is 0 Å². The molecule has 1 atom stereocenters. The van der Waals surface area contributed by atoms with Crippen LogP contribution < -0.4 is 4.18 Å². The predicted molar refractivity (Wildman–Crippen MR) is 40.9 cm³/mol. The van der Waals surface area contributed by atoms with Gasteiger partial charge in [-0.05, 0) is 6.07 Å². The third kappa shape index (κ3) is 0.827. The van der Waals surface area contributed by atoms with Crippen LogP contribution in [-0.4, -0.2) is 0 Å². The van der Waals surface area contributed by atoms with Crippen molar-refractivity contribution in [3.63, 3.8) is 0 Å². The van der Waals surface area contributed by atoms with Gasteiger partial charge in [-0.3, -0.25) is 0 Å². The van der Waals surface area contributed by atoms with Crippen LogP contribution >= 0.6 is 0 Å². The molecule has 0 bridgehead atoms. The van der Waals surface area contributed by atoms with Crippen molar-refractivity contribution < 1.29 is 4.18 Å². The van der Waals surface area contributed by atoms with Gasteiger partial charge in [0.15, 0.2) is 0 Å². The van der Waals surface area contributed by atoms with Crippen LogP contribution in [0.5, 0.6) is 5.75 Å². The molecule has 0 aliphatic carbocycles. The standard InChI is InChI=1S/C7H7NOS/c8-10-5-6-3-1-2-4-7(6)9-10/h1-4,8H,5H2. The lowest BCUT2D eigenvalue weighted by Gasteiger charge is -1.93. The molecule has 1 N–H and O–H groups in total. The fourth-order valence-corrected chi connectivity index (χ4v) is 1.94. The highest BCUT2D eigenvalue weighted by Crippen LogP contribution is 2.26. The van der Waals surface area contributed by atoms with Crippen LogP contribution in [0.3, 0.4) is 0 Å². The molecule has 2 rings (SSSR count). The van der Waals surface area contributed by atoms with Gasteiger partial charge in [-0.25, -0.2) is 4.78 Å². The van der Waals surface area contributed by atoms with Crippen molar-refractivity contribution >= 4 is 11.0 Å². The number of benzene rings is 1. The number of nitrogens with one attached hydrogen (secondary N) is 1. The van der Waals surface area contributed by atoms with E-state index in [1.54, 1.807) is 0 Å². The smallest absolute Gasteiger partial charge is 0.142 e. The Hall–Kier alpha value is -0.830. The van der Waals surface area contributed by atoms with E-state index >= 15 is 0 Å². The average molecular weight is 153 g/mol. The van der Waals surface area contributed by atoms with Crippen molar-refractivity contribution in [1.82, 2.24) is 0 Å². The lowest BCUT2D eigenvalue weighted by molar-refractivity contribution is 0.647. The molecule has 1 aliphatic heterocycles. The molecule has 52 valence electrons. The maximum absolute atomic E-state index is 7.32. The van der Waals surface area contributed by atoms with Crippen LogP contribution in [0.1, 0.15) is 5.56 Å². The van der Waals surface area contributed by atoms with E-state index in [0.29, 0.717) is 0 Å². The van der Waals surface area contributed by atoms with Crippen LogP contribution in [0.4, 0.5) is 0 Å². The Kier molecular flexibility index (Phi) is 1.24. The molecular formula is C7H7NOS. The average Bonchev–Trinajstić information content (AvgIpc) is 2.27. The van der Waals surface area contributed by atoms with Crippen LogP contribution in [0.2, 0.25) is 0 Å². The van der Waals surface area contributed by atoms with Crippen molar-refractivity contribution in [3.05, 3.63) is 29.8 Å². The van der Waals surface area contributed by atoms with Gasteiger partial charge in [-0.15, -0.1) is 0 Å². The van der Waals surface area contributed by atoms with Gasteiger partial charge in [0.05, 0.1) is 16.7 Å². The highest BCUT2D eigenvalue weighted by atomic mass is 32.2. The van der Waals surface area contributed by atoms with Crippen molar-refractivity contribution in [2.24, 2.45) is 0 Å². The summed E-state index contributed by atoms with van der Waals surface area (Å²) in [5.74, 6) is 1.65. The summed E-state index contributed by atoms with van der Waals surface area (Å²) in [6.45, 7) is 0. The topological polar surface area (TPSA) is 33.1 Å². The van der Waals surface area contributed by atoms with Crippen molar-refractivity contribution in [1.29, 1.82) is 4.78 Å². The Morgan fingerprint density at radius 2 is 2.20 bits per heavy atom. The number of para-hydroxylation sites is 1. The molecule has 2 nitrogen and oxygen atoms in total. The number of hydrogen-bond acceptors (Lipinski definition) is 2. The summed E-state index contributed by atoms with van der Waals surface area (Å²) in [5.41, 5.74) is 1.17. The molecule has 0 saturated carbocycles. The van der Waals surface area contributed by atoms with Crippen LogP contribution in [0, 0.1) is 4.78 Å². The van der Waals surface area contributed by atoms with Crippen molar-refractivity contribution in [2.45, 2.75) is 5.75 Å². The minimum absolute atomic E-state index is 0.619. The van der Waals surface area contributed by atoms with E-state index in [1.807, 2.05) is 24.3 Å². The maximum Gasteiger partial charge on any atom is 0.142 e.